The Morgan fingerprint density at radius 2 is 1.41 bits per heavy atom. The second-order valence-corrected chi connectivity index (χ2v) is 13.6. The Hall–Kier alpha value is -4.50. The molecule has 0 saturated carbocycles. The zero-order chi connectivity index (χ0) is 31.9. The number of benzene rings is 4. The lowest BCUT2D eigenvalue weighted by Gasteiger charge is -2.35. The zero-order valence-electron chi connectivity index (χ0n) is 25.4. The van der Waals surface area contributed by atoms with Crippen molar-refractivity contribution in [2.75, 3.05) is 10.8 Å². The number of amides is 2. The van der Waals surface area contributed by atoms with Crippen LogP contribution in [-0.4, -0.2) is 43.3 Å². The van der Waals surface area contributed by atoms with Crippen LogP contribution in [0.15, 0.2) is 114 Å². The predicted molar refractivity (Wildman–Crippen MR) is 171 cm³/mol. The molecule has 0 heterocycles. The Kier molecular flexibility index (Phi) is 10.2. The van der Waals surface area contributed by atoms with Crippen LogP contribution >= 0.6 is 0 Å². The first-order valence-corrected chi connectivity index (χ1v) is 15.8. The van der Waals surface area contributed by atoms with E-state index < -0.39 is 39.9 Å². The van der Waals surface area contributed by atoms with Gasteiger partial charge in [0, 0.05) is 18.5 Å². The van der Waals surface area contributed by atoms with Crippen molar-refractivity contribution in [3.05, 3.63) is 132 Å². The molecule has 4 aromatic rings. The first-order valence-electron chi connectivity index (χ1n) is 14.4. The van der Waals surface area contributed by atoms with Crippen molar-refractivity contribution in [1.29, 1.82) is 0 Å². The third-order valence-corrected chi connectivity index (χ3v) is 8.72. The molecule has 4 rings (SSSR count). The number of rotatable bonds is 11. The Morgan fingerprint density at radius 1 is 0.818 bits per heavy atom. The van der Waals surface area contributed by atoms with Gasteiger partial charge in [0.2, 0.25) is 11.8 Å². The van der Waals surface area contributed by atoms with E-state index in [1.807, 2.05) is 82.3 Å². The topological polar surface area (TPSA) is 86.8 Å². The van der Waals surface area contributed by atoms with Gasteiger partial charge in [-0.1, -0.05) is 78.4 Å². The van der Waals surface area contributed by atoms with Crippen molar-refractivity contribution in [3.8, 4) is 0 Å². The quantitative estimate of drug-likeness (QED) is 0.228. The van der Waals surface area contributed by atoms with Crippen LogP contribution < -0.4 is 9.62 Å². The van der Waals surface area contributed by atoms with Crippen molar-refractivity contribution in [3.63, 3.8) is 0 Å². The smallest absolute Gasteiger partial charge is 0.264 e. The van der Waals surface area contributed by atoms with Crippen LogP contribution in [-0.2, 0) is 32.6 Å². The number of hydrogen-bond donors (Lipinski definition) is 1. The van der Waals surface area contributed by atoms with Gasteiger partial charge >= 0.3 is 0 Å². The minimum absolute atomic E-state index is 0.0197. The van der Waals surface area contributed by atoms with Gasteiger partial charge in [0.15, 0.2) is 0 Å². The molecule has 2 amide bonds. The number of nitrogens with zero attached hydrogens (tertiary/aromatic N) is 2. The number of hydrogen-bond acceptors (Lipinski definition) is 4. The molecule has 0 unspecified atom stereocenters. The first-order chi connectivity index (χ1) is 20.8. The van der Waals surface area contributed by atoms with E-state index in [-0.39, 0.29) is 29.5 Å². The molecule has 1 N–H and O–H groups in total. The molecule has 7 nitrogen and oxygen atoms in total. The molecular formula is C35H38FN3O4S. The van der Waals surface area contributed by atoms with Crippen molar-refractivity contribution in [2.45, 2.75) is 57.1 Å². The Balaban J connectivity index is 1.81. The Bertz CT molecular complexity index is 1670. The highest BCUT2D eigenvalue weighted by atomic mass is 32.2. The van der Waals surface area contributed by atoms with Crippen LogP contribution in [0, 0.1) is 12.7 Å². The number of carbonyl (C=O) groups is 2. The third-order valence-electron chi connectivity index (χ3n) is 6.93. The summed E-state index contributed by atoms with van der Waals surface area (Å²) in [4.78, 5) is 29.8. The number of halogens is 1. The van der Waals surface area contributed by atoms with E-state index in [4.69, 9.17) is 0 Å². The highest BCUT2D eigenvalue weighted by Gasteiger charge is 2.35. The Morgan fingerprint density at radius 3 is 2.00 bits per heavy atom. The fraction of sp³-hybridized carbons (Fsp3) is 0.257. The Labute approximate surface area is 259 Å². The molecule has 44 heavy (non-hydrogen) atoms. The maximum atomic E-state index is 14.4. The largest absolute Gasteiger partial charge is 0.350 e. The van der Waals surface area contributed by atoms with Crippen LogP contribution in [0.4, 0.5) is 10.1 Å². The van der Waals surface area contributed by atoms with E-state index in [2.05, 4.69) is 5.32 Å². The van der Waals surface area contributed by atoms with Crippen LogP contribution in [0.1, 0.15) is 37.5 Å². The van der Waals surface area contributed by atoms with Crippen molar-refractivity contribution < 1.29 is 22.4 Å². The van der Waals surface area contributed by atoms with Gasteiger partial charge in [0.1, 0.15) is 18.4 Å². The van der Waals surface area contributed by atoms with Gasteiger partial charge in [-0.25, -0.2) is 12.8 Å². The molecule has 230 valence electrons. The van der Waals surface area contributed by atoms with Crippen LogP contribution in [0.3, 0.4) is 0 Å². The van der Waals surface area contributed by atoms with Gasteiger partial charge in [-0.3, -0.25) is 13.9 Å². The fourth-order valence-electron chi connectivity index (χ4n) is 4.87. The van der Waals surface area contributed by atoms with Gasteiger partial charge in [0.25, 0.3) is 10.0 Å². The zero-order valence-corrected chi connectivity index (χ0v) is 26.2. The molecule has 0 fully saturated rings. The number of anilines is 1. The molecule has 0 bridgehead atoms. The average Bonchev–Trinajstić information content (AvgIpc) is 2.98. The van der Waals surface area contributed by atoms with Crippen LogP contribution in [0.5, 0.6) is 0 Å². The van der Waals surface area contributed by atoms with Gasteiger partial charge in [-0.05, 0) is 75.2 Å². The van der Waals surface area contributed by atoms with E-state index in [0.717, 1.165) is 33.1 Å². The lowest BCUT2D eigenvalue weighted by molar-refractivity contribution is -0.140. The van der Waals surface area contributed by atoms with Gasteiger partial charge in [-0.15, -0.1) is 0 Å². The van der Waals surface area contributed by atoms with Gasteiger partial charge in [0.05, 0.1) is 10.6 Å². The summed E-state index contributed by atoms with van der Waals surface area (Å²) in [5.74, 6) is -1.48. The first kappa shape index (κ1) is 32.4. The summed E-state index contributed by atoms with van der Waals surface area (Å²) in [5.41, 5.74) is 2.15. The molecule has 0 aliphatic heterocycles. The van der Waals surface area contributed by atoms with E-state index in [0.29, 0.717) is 0 Å². The molecule has 0 aromatic heterocycles. The minimum Gasteiger partial charge on any atom is -0.350 e. The highest BCUT2D eigenvalue weighted by molar-refractivity contribution is 7.92. The summed E-state index contributed by atoms with van der Waals surface area (Å²) in [6, 6.07) is 28.7. The normalized spacial score (nSPS) is 12.3. The van der Waals surface area contributed by atoms with E-state index >= 15 is 0 Å². The lowest BCUT2D eigenvalue weighted by atomic mass is 10.0. The van der Waals surface area contributed by atoms with E-state index in [1.54, 1.807) is 18.2 Å². The van der Waals surface area contributed by atoms with E-state index in [1.165, 1.54) is 29.2 Å². The summed E-state index contributed by atoms with van der Waals surface area (Å²) in [6.45, 7) is 6.98. The SMILES string of the molecule is Cc1cccc(CN(C(=O)CN(c2ccc(F)cc2)S(=O)(=O)c2ccccc2)[C@@H](Cc2ccccc2)C(=O)NC(C)(C)C)c1. The van der Waals surface area contributed by atoms with Crippen molar-refractivity contribution >= 4 is 27.5 Å². The van der Waals surface area contributed by atoms with Gasteiger partial charge < -0.3 is 10.2 Å². The predicted octanol–water partition coefficient (Wildman–Crippen LogP) is 5.88. The minimum atomic E-state index is -4.25. The molecule has 9 heteroatoms. The van der Waals surface area contributed by atoms with Gasteiger partial charge in [-0.2, -0.15) is 0 Å². The van der Waals surface area contributed by atoms with Crippen LogP contribution in [0.2, 0.25) is 0 Å². The fourth-order valence-corrected chi connectivity index (χ4v) is 6.31. The summed E-state index contributed by atoms with van der Waals surface area (Å²) in [6.07, 6.45) is 0.211. The molecule has 4 aromatic carbocycles. The summed E-state index contributed by atoms with van der Waals surface area (Å²) >= 11 is 0. The highest BCUT2D eigenvalue weighted by Crippen LogP contribution is 2.25. The van der Waals surface area contributed by atoms with E-state index in [9.17, 15) is 22.4 Å². The summed E-state index contributed by atoms with van der Waals surface area (Å²) in [7, 11) is -4.25. The number of aryl methyl sites for hydroxylation is 1. The summed E-state index contributed by atoms with van der Waals surface area (Å²) < 4.78 is 42.7. The number of nitrogens with one attached hydrogen (secondary N) is 1. The molecule has 0 aliphatic carbocycles. The molecule has 0 spiro atoms. The molecule has 1 atom stereocenters. The number of sulfonamides is 1. The standard InChI is InChI=1S/C35H38FN3O4S/c1-26-12-11-15-28(22-26)24-38(32(34(41)37-35(2,3)4)23-27-13-7-5-8-14-27)33(40)25-39(30-20-18-29(36)19-21-30)44(42,43)31-16-9-6-10-17-31/h5-22,32H,23-25H2,1-4H3,(H,37,41)/t32-/m0/s1. The monoisotopic (exact) mass is 615 g/mol. The molecule has 0 saturated heterocycles. The molecule has 0 radical (unpaired) electrons. The third kappa shape index (κ3) is 8.54. The lowest BCUT2D eigenvalue weighted by Crippen LogP contribution is -2.56. The maximum absolute atomic E-state index is 14.4. The van der Waals surface area contributed by atoms with Crippen molar-refractivity contribution in [1.82, 2.24) is 10.2 Å². The maximum Gasteiger partial charge on any atom is 0.264 e. The summed E-state index contributed by atoms with van der Waals surface area (Å²) in [5, 5.41) is 3.01. The second kappa shape index (κ2) is 13.9. The van der Waals surface area contributed by atoms with Crippen molar-refractivity contribution in [2.24, 2.45) is 0 Å². The molecule has 0 aliphatic rings. The van der Waals surface area contributed by atoms with Crippen LogP contribution in [0.25, 0.3) is 0 Å². The number of carbonyl (C=O) groups excluding carboxylic acids is 2. The second-order valence-electron chi connectivity index (χ2n) is 11.8. The average molecular weight is 616 g/mol. The molecular weight excluding hydrogens is 577 g/mol.